The summed E-state index contributed by atoms with van der Waals surface area (Å²) in [6, 6.07) is 15.1. The van der Waals surface area contributed by atoms with Crippen molar-refractivity contribution in [1.29, 1.82) is 0 Å². The lowest BCUT2D eigenvalue weighted by Crippen LogP contribution is -2.47. The van der Waals surface area contributed by atoms with Gasteiger partial charge in [-0.25, -0.2) is 0 Å². The average molecular weight is 391 g/mol. The molecule has 1 aliphatic rings. The van der Waals surface area contributed by atoms with Crippen LogP contribution in [0.25, 0.3) is 0 Å². The normalized spacial score (nSPS) is 20.0. The maximum Gasteiger partial charge on any atom is 0.330 e. The second-order valence-electron chi connectivity index (χ2n) is 5.36. The monoisotopic (exact) mass is 390 g/mol. The maximum atomic E-state index is 13.2. The van der Waals surface area contributed by atoms with E-state index in [0.717, 1.165) is 14.9 Å². The Labute approximate surface area is 147 Å². The fraction of sp³-hybridized carbons (Fsp3) is 0.222. The first-order valence-corrected chi connectivity index (χ1v) is 8.83. The number of ketones is 1. The van der Waals surface area contributed by atoms with E-state index in [2.05, 4.69) is 15.9 Å². The Morgan fingerprint density at radius 3 is 2.65 bits per heavy atom. The topological polar surface area (TPSA) is 43.4 Å². The van der Waals surface area contributed by atoms with Crippen LogP contribution in [-0.4, -0.2) is 23.6 Å². The minimum Gasteiger partial charge on any atom is -0.468 e. The van der Waals surface area contributed by atoms with E-state index in [0.29, 0.717) is 18.4 Å². The van der Waals surface area contributed by atoms with Crippen LogP contribution < -0.4 is 0 Å². The summed E-state index contributed by atoms with van der Waals surface area (Å²) in [4.78, 5) is 26.6. The largest absolute Gasteiger partial charge is 0.468 e. The fourth-order valence-corrected chi connectivity index (χ4v) is 4.44. The van der Waals surface area contributed by atoms with Gasteiger partial charge in [0, 0.05) is 14.9 Å². The number of rotatable bonds is 3. The Morgan fingerprint density at radius 2 is 1.96 bits per heavy atom. The molecule has 3 nitrogen and oxygen atoms in total. The number of hydrogen-bond acceptors (Lipinski definition) is 4. The number of halogens is 1. The number of methoxy groups -OCH3 is 1. The zero-order valence-electron chi connectivity index (χ0n) is 12.5. The number of fused-ring (bicyclic) bond motifs is 1. The van der Waals surface area contributed by atoms with E-state index in [1.54, 1.807) is 6.07 Å². The minimum atomic E-state index is -1.22. The Hall–Kier alpha value is -1.59. The molecule has 0 heterocycles. The smallest absolute Gasteiger partial charge is 0.330 e. The van der Waals surface area contributed by atoms with Gasteiger partial charge in [0.05, 0.1) is 7.11 Å². The van der Waals surface area contributed by atoms with Gasteiger partial charge in [0.1, 0.15) is 0 Å². The summed E-state index contributed by atoms with van der Waals surface area (Å²) in [5.74, 6) is -0.664. The van der Waals surface area contributed by atoms with E-state index in [1.807, 2.05) is 42.5 Å². The summed E-state index contributed by atoms with van der Waals surface area (Å²) in [6.07, 6.45) is 1.11. The predicted molar refractivity (Wildman–Crippen MR) is 93.8 cm³/mol. The third kappa shape index (κ3) is 2.95. The Morgan fingerprint density at radius 1 is 1.22 bits per heavy atom. The summed E-state index contributed by atoms with van der Waals surface area (Å²) >= 11 is 4.68. The molecule has 23 heavy (non-hydrogen) atoms. The lowest BCUT2D eigenvalue weighted by atomic mass is 9.82. The molecule has 0 saturated carbocycles. The van der Waals surface area contributed by atoms with Gasteiger partial charge in [-0.1, -0.05) is 52.0 Å². The molecule has 0 spiro atoms. The van der Waals surface area contributed by atoms with E-state index in [9.17, 15) is 9.59 Å². The molecule has 118 valence electrons. The van der Waals surface area contributed by atoms with Crippen molar-refractivity contribution in [2.45, 2.75) is 22.5 Å². The number of benzene rings is 2. The van der Waals surface area contributed by atoms with E-state index in [-0.39, 0.29) is 5.78 Å². The highest BCUT2D eigenvalue weighted by molar-refractivity contribution is 9.10. The molecule has 0 saturated heterocycles. The number of thioether (sulfide) groups is 1. The number of hydrogen-bond donors (Lipinski definition) is 0. The molecule has 0 N–H and O–H groups in total. The van der Waals surface area contributed by atoms with Crippen molar-refractivity contribution in [3.8, 4) is 0 Å². The highest BCUT2D eigenvalue weighted by Gasteiger charge is 2.51. The molecule has 2 aromatic rings. The molecule has 0 amide bonds. The number of aryl methyl sites for hydroxylation is 1. The quantitative estimate of drug-likeness (QED) is 0.579. The minimum absolute atomic E-state index is 0.180. The van der Waals surface area contributed by atoms with Gasteiger partial charge in [0.25, 0.3) is 0 Å². The van der Waals surface area contributed by atoms with Gasteiger partial charge in [0.15, 0.2) is 10.5 Å². The van der Waals surface area contributed by atoms with Crippen LogP contribution in [0.2, 0.25) is 0 Å². The van der Waals surface area contributed by atoms with Crippen LogP contribution in [0.5, 0.6) is 0 Å². The fourth-order valence-electron chi connectivity index (χ4n) is 2.81. The predicted octanol–water partition coefficient (Wildman–Crippen LogP) is 4.28. The van der Waals surface area contributed by atoms with Crippen molar-refractivity contribution in [3.63, 3.8) is 0 Å². The van der Waals surface area contributed by atoms with Crippen LogP contribution in [0.15, 0.2) is 57.9 Å². The van der Waals surface area contributed by atoms with Crippen LogP contribution >= 0.6 is 27.7 Å². The first kappa shape index (κ1) is 16.3. The number of Topliss-reactive ketones (excluding diaryl/α,β-unsaturated/α-hetero) is 1. The molecule has 0 radical (unpaired) electrons. The van der Waals surface area contributed by atoms with Gasteiger partial charge in [-0.05, 0) is 42.7 Å². The highest BCUT2D eigenvalue weighted by atomic mass is 79.9. The lowest BCUT2D eigenvalue weighted by Gasteiger charge is -2.33. The molecule has 0 aliphatic heterocycles. The summed E-state index contributed by atoms with van der Waals surface area (Å²) in [5, 5.41) is 0. The molecule has 1 aliphatic carbocycles. The van der Waals surface area contributed by atoms with Gasteiger partial charge in [0.2, 0.25) is 0 Å². The first-order chi connectivity index (χ1) is 11.1. The summed E-state index contributed by atoms with van der Waals surface area (Å²) in [5.41, 5.74) is 1.57. The molecule has 0 aromatic heterocycles. The van der Waals surface area contributed by atoms with Gasteiger partial charge in [-0.2, -0.15) is 0 Å². The van der Waals surface area contributed by atoms with Crippen molar-refractivity contribution in [3.05, 3.63) is 64.1 Å². The van der Waals surface area contributed by atoms with Crippen molar-refractivity contribution in [2.75, 3.05) is 7.11 Å². The zero-order chi connectivity index (χ0) is 16.4. The van der Waals surface area contributed by atoms with Crippen LogP contribution in [-0.2, 0) is 16.0 Å². The van der Waals surface area contributed by atoms with Crippen LogP contribution in [0, 0.1) is 0 Å². The Kier molecular flexibility index (Phi) is 4.60. The first-order valence-electron chi connectivity index (χ1n) is 7.22. The molecule has 0 unspecified atom stereocenters. The van der Waals surface area contributed by atoms with Gasteiger partial charge in [-0.15, -0.1) is 0 Å². The second kappa shape index (κ2) is 6.49. The SMILES string of the molecule is COC(=O)[C@@]1(Sc2ccccc2)CCc2ccc(Br)cc2C1=O. The third-order valence-corrected chi connectivity index (χ3v) is 5.89. The molecular weight excluding hydrogens is 376 g/mol. The molecule has 0 fully saturated rings. The van der Waals surface area contributed by atoms with Crippen LogP contribution in [0.4, 0.5) is 0 Å². The van der Waals surface area contributed by atoms with E-state index < -0.39 is 10.7 Å². The standard InChI is InChI=1S/C18H15BrO3S/c1-22-17(21)18(23-14-5-3-2-4-6-14)10-9-12-7-8-13(19)11-15(12)16(18)20/h2-8,11H,9-10H2,1H3/t18-/m1/s1. The van der Waals surface area contributed by atoms with Crippen molar-refractivity contribution in [1.82, 2.24) is 0 Å². The lowest BCUT2D eigenvalue weighted by molar-refractivity contribution is -0.142. The molecule has 2 aromatic carbocycles. The Bertz CT molecular complexity index is 760. The van der Waals surface area contributed by atoms with E-state index >= 15 is 0 Å². The van der Waals surface area contributed by atoms with Crippen molar-refractivity contribution < 1.29 is 14.3 Å². The van der Waals surface area contributed by atoms with Gasteiger partial charge < -0.3 is 4.74 Å². The molecule has 0 bridgehead atoms. The number of carbonyl (C=O) groups excluding carboxylic acids is 2. The molecule has 1 atom stereocenters. The van der Waals surface area contributed by atoms with E-state index in [1.165, 1.54) is 18.9 Å². The Balaban J connectivity index is 2.07. The van der Waals surface area contributed by atoms with Gasteiger partial charge >= 0.3 is 5.97 Å². The molecule has 5 heteroatoms. The number of carbonyl (C=O) groups is 2. The number of ether oxygens (including phenoxy) is 1. The molecular formula is C18H15BrO3S. The van der Waals surface area contributed by atoms with Crippen LogP contribution in [0.3, 0.4) is 0 Å². The second-order valence-corrected chi connectivity index (χ2v) is 7.65. The van der Waals surface area contributed by atoms with Crippen molar-refractivity contribution in [2.24, 2.45) is 0 Å². The third-order valence-electron chi connectivity index (χ3n) is 3.98. The zero-order valence-corrected chi connectivity index (χ0v) is 14.9. The summed E-state index contributed by atoms with van der Waals surface area (Å²) < 4.78 is 4.60. The van der Waals surface area contributed by atoms with E-state index in [4.69, 9.17) is 4.74 Å². The summed E-state index contributed by atoms with van der Waals surface area (Å²) in [7, 11) is 1.33. The molecule has 3 rings (SSSR count). The maximum absolute atomic E-state index is 13.2. The van der Waals surface area contributed by atoms with Gasteiger partial charge in [-0.3, -0.25) is 9.59 Å². The van der Waals surface area contributed by atoms with Crippen LogP contribution in [0.1, 0.15) is 22.3 Å². The van der Waals surface area contributed by atoms with Crippen molar-refractivity contribution >= 4 is 39.4 Å². The highest BCUT2D eigenvalue weighted by Crippen LogP contribution is 2.44. The number of esters is 1. The summed E-state index contributed by atoms with van der Waals surface area (Å²) in [6.45, 7) is 0. The average Bonchev–Trinajstić information content (AvgIpc) is 2.58.